The molecule has 1 N–H and O–H groups in total. The average Bonchev–Trinajstić information content (AvgIpc) is 2.30. The number of esters is 1. The predicted octanol–water partition coefficient (Wildman–Crippen LogP) is 2.74. The third-order valence-electron chi connectivity index (χ3n) is 2.22. The number of hydrogen-bond acceptors (Lipinski definition) is 3. The Morgan fingerprint density at radius 3 is 2.81 bits per heavy atom. The van der Waals surface area contributed by atoms with Crippen molar-refractivity contribution in [2.45, 2.75) is 19.9 Å². The Bertz CT molecular complexity index is 366. The molecule has 0 aliphatic rings. The van der Waals surface area contributed by atoms with E-state index in [0.29, 0.717) is 5.56 Å². The Kier molecular flexibility index (Phi) is 5.49. The highest BCUT2D eigenvalue weighted by atomic mass is 79.9. The summed E-state index contributed by atoms with van der Waals surface area (Å²) in [6.07, 6.45) is 1.11. The van der Waals surface area contributed by atoms with E-state index in [9.17, 15) is 4.79 Å². The second-order valence-corrected chi connectivity index (χ2v) is 4.33. The van der Waals surface area contributed by atoms with Gasteiger partial charge in [0, 0.05) is 11.0 Å². The SMILES string of the molecule is CCCNCc1ccc(C(=O)OC)cc1Br. The molecule has 1 aromatic carbocycles. The molecule has 0 atom stereocenters. The number of carbonyl (C=O) groups excluding carboxylic acids is 1. The highest BCUT2D eigenvalue weighted by molar-refractivity contribution is 9.10. The van der Waals surface area contributed by atoms with Gasteiger partial charge in [0.25, 0.3) is 0 Å². The molecule has 1 aromatic rings. The third kappa shape index (κ3) is 3.61. The molecule has 0 saturated carbocycles. The van der Waals surface area contributed by atoms with Crippen molar-refractivity contribution in [1.82, 2.24) is 5.32 Å². The second-order valence-electron chi connectivity index (χ2n) is 3.47. The standard InChI is InChI=1S/C12H16BrNO2/c1-3-6-14-8-10-5-4-9(7-11(10)13)12(15)16-2/h4-5,7,14H,3,6,8H2,1-2H3. The van der Waals surface area contributed by atoms with Crippen molar-refractivity contribution in [2.75, 3.05) is 13.7 Å². The van der Waals surface area contributed by atoms with Gasteiger partial charge in [0.05, 0.1) is 12.7 Å². The van der Waals surface area contributed by atoms with Crippen LogP contribution in [0.1, 0.15) is 29.3 Å². The van der Waals surface area contributed by atoms with Crippen molar-refractivity contribution in [3.8, 4) is 0 Å². The normalized spacial score (nSPS) is 10.2. The van der Waals surface area contributed by atoms with Crippen LogP contribution in [0, 0.1) is 0 Å². The first-order valence-corrected chi connectivity index (χ1v) is 6.05. The quantitative estimate of drug-likeness (QED) is 0.668. The van der Waals surface area contributed by atoms with E-state index in [1.165, 1.54) is 7.11 Å². The third-order valence-corrected chi connectivity index (χ3v) is 2.95. The van der Waals surface area contributed by atoms with Crippen LogP contribution in [-0.2, 0) is 11.3 Å². The Hall–Kier alpha value is -0.870. The van der Waals surface area contributed by atoms with Crippen LogP contribution in [0.2, 0.25) is 0 Å². The second kappa shape index (κ2) is 6.66. The maximum absolute atomic E-state index is 11.3. The maximum atomic E-state index is 11.3. The van der Waals surface area contributed by atoms with Crippen molar-refractivity contribution >= 4 is 21.9 Å². The van der Waals surface area contributed by atoms with Gasteiger partial charge in [-0.2, -0.15) is 0 Å². The first-order chi connectivity index (χ1) is 7.69. The highest BCUT2D eigenvalue weighted by Gasteiger charge is 2.07. The number of rotatable bonds is 5. The summed E-state index contributed by atoms with van der Waals surface area (Å²) in [6.45, 7) is 3.92. The summed E-state index contributed by atoms with van der Waals surface area (Å²) in [5.74, 6) is -0.311. The first kappa shape index (κ1) is 13.2. The molecule has 0 heterocycles. The van der Waals surface area contributed by atoms with E-state index in [2.05, 4.69) is 32.9 Å². The number of nitrogens with one attached hydrogen (secondary N) is 1. The van der Waals surface area contributed by atoms with Crippen LogP contribution in [0.3, 0.4) is 0 Å². The molecule has 0 aromatic heterocycles. The zero-order valence-electron chi connectivity index (χ0n) is 9.55. The molecule has 0 saturated heterocycles. The topological polar surface area (TPSA) is 38.3 Å². The molecule has 0 amide bonds. The van der Waals surface area contributed by atoms with Crippen LogP contribution >= 0.6 is 15.9 Å². The summed E-state index contributed by atoms with van der Waals surface area (Å²) in [7, 11) is 1.38. The molecule has 0 radical (unpaired) electrons. The molecule has 4 heteroatoms. The fourth-order valence-electron chi connectivity index (χ4n) is 1.34. The van der Waals surface area contributed by atoms with Crippen molar-refractivity contribution in [3.63, 3.8) is 0 Å². The number of carbonyl (C=O) groups is 1. The Morgan fingerprint density at radius 2 is 2.25 bits per heavy atom. The Labute approximate surface area is 104 Å². The molecule has 0 unspecified atom stereocenters. The van der Waals surface area contributed by atoms with Crippen molar-refractivity contribution < 1.29 is 9.53 Å². The molecular formula is C12H16BrNO2. The fourth-order valence-corrected chi connectivity index (χ4v) is 1.85. The number of halogens is 1. The van der Waals surface area contributed by atoms with Crippen molar-refractivity contribution in [2.24, 2.45) is 0 Å². The lowest BCUT2D eigenvalue weighted by molar-refractivity contribution is 0.0600. The summed E-state index contributed by atoms with van der Waals surface area (Å²) in [4.78, 5) is 11.3. The van der Waals surface area contributed by atoms with Gasteiger partial charge in [-0.05, 0) is 30.7 Å². The summed E-state index contributed by atoms with van der Waals surface area (Å²) in [5.41, 5.74) is 1.70. The monoisotopic (exact) mass is 285 g/mol. The van der Waals surface area contributed by atoms with E-state index in [4.69, 9.17) is 0 Å². The number of methoxy groups -OCH3 is 1. The molecule has 0 spiro atoms. The van der Waals surface area contributed by atoms with Crippen molar-refractivity contribution in [1.29, 1.82) is 0 Å². The van der Waals surface area contributed by atoms with Crippen LogP contribution in [0.5, 0.6) is 0 Å². The Morgan fingerprint density at radius 1 is 1.50 bits per heavy atom. The molecular weight excluding hydrogens is 270 g/mol. The largest absolute Gasteiger partial charge is 0.465 e. The number of benzene rings is 1. The lowest BCUT2D eigenvalue weighted by Gasteiger charge is -2.07. The van der Waals surface area contributed by atoms with E-state index < -0.39 is 0 Å². The van der Waals surface area contributed by atoms with E-state index in [1.54, 1.807) is 12.1 Å². The van der Waals surface area contributed by atoms with E-state index in [-0.39, 0.29) is 5.97 Å². The minimum Gasteiger partial charge on any atom is -0.465 e. The molecule has 88 valence electrons. The minimum absolute atomic E-state index is 0.311. The van der Waals surface area contributed by atoms with Crippen LogP contribution in [0.4, 0.5) is 0 Å². The Balaban J connectivity index is 2.71. The van der Waals surface area contributed by atoms with Gasteiger partial charge in [-0.25, -0.2) is 4.79 Å². The van der Waals surface area contributed by atoms with Gasteiger partial charge < -0.3 is 10.1 Å². The van der Waals surface area contributed by atoms with Gasteiger partial charge in [-0.3, -0.25) is 0 Å². The minimum atomic E-state index is -0.311. The summed E-state index contributed by atoms with van der Waals surface area (Å²) in [6, 6.07) is 5.49. The smallest absolute Gasteiger partial charge is 0.337 e. The van der Waals surface area contributed by atoms with Gasteiger partial charge in [-0.1, -0.05) is 28.9 Å². The molecule has 1 rings (SSSR count). The lowest BCUT2D eigenvalue weighted by Crippen LogP contribution is -2.14. The van der Waals surface area contributed by atoms with Crippen LogP contribution in [-0.4, -0.2) is 19.6 Å². The predicted molar refractivity (Wildman–Crippen MR) is 67.5 cm³/mol. The van der Waals surface area contributed by atoms with E-state index in [0.717, 1.165) is 29.5 Å². The molecule has 0 bridgehead atoms. The van der Waals surface area contributed by atoms with Crippen LogP contribution in [0.15, 0.2) is 22.7 Å². The van der Waals surface area contributed by atoms with E-state index >= 15 is 0 Å². The zero-order chi connectivity index (χ0) is 12.0. The lowest BCUT2D eigenvalue weighted by atomic mass is 10.1. The summed E-state index contributed by atoms with van der Waals surface area (Å²) in [5, 5.41) is 3.31. The molecule has 3 nitrogen and oxygen atoms in total. The fraction of sp³-hybridized carbons (Fsp3) is 0.417. The van der Waals surface area contributed by atoms with E-state index in [1.807, 2.05) is 6.07 Å². The zero-order valence-corrected chi connectivity index (χ0v) is 11.1. The number of hydrogen-bond donors (Lipinski definition) is 1. The van der Waals surface area contributed by atoms with Gasteiger partial charge in [0.2, 0.25) is 0 Å². The highest BCUT2D eigenvalue weighted by Crippen LogP contribution is 2.19. The van der Waals surface area contributed by atoms with Crippen molar-refractivity contribution in [3.05, 3.63) is 33.8 Å². The first-order valence-electron chi connectivity index (χ1n) is 5.26. The van der Waals surface area contributed by atoms with Crippen LogP contribution in [0.25, 0.3) is 0 Å². The summed E-state index contributed by atoms with van der Waals surface area (Å²) < 4.78 is 5.58. The van der Waals surface area contributed by atoms with Gasteiger partial charge in [0.15, 0.2) is 0 Å². The molecule has 0 aliphatic carbocycles. The van der Waals surface area contributed by atoms with Gasteiger partial charge in [-0.15, -0.1) is 0 Å². The molecule has 0 fully saturated rings. The number of ether oxygens (including phenoxy) is 1. The van der Waals surface area contributed by atoms with Gasteiger partial charge >= 0.3 is 5.97 Å². The summed E-state index contributed by atoms with van der Waals surface area (Å²) >= 11 is 3.45. The van der Waals surface area contributed by atoms with Gasteiger partial charge in [0.1, 0.15) is 0 Å². The van der Waals surface area contributed by atoms with Crippen LogP contribution < -0.4 is 5.32 Å². The average molecular weight is 286 g/mol. The molecule has 0 aliphatic heterocycles. The maximum Gasteiger partial charge on any atom is 0.337 e. The molecule has 16 heavy (non-hydrogen) atoms.